The topological polar surface area (TPSA) is 59.8 Å². The van der Waals surface area contributed by atoms with Crippen molar-refractivity contribution in [2.75, 3.05) is 5.01 Å². The number of hydrogen-bond acceptors (Lipinski definition) is 6. The minimum Gasteiger partial charge on any atom is -0.439 e. The molecule has 1 aromatic heterocycles. The minimum absolute atomic E-state index is 0.296. The molecule has 0 spiro atoms. The number of alkyl halides is 3. The molecule has 1 N–H and O–H groups in total. The third kappa shape index (κ3) is 4.77. The number of aromatic nitrogens is 1. The normalized spacial score (nSPS) is 13.9. The van der Waals surface area contributed by atoms with Crippen molar-refractivity contribution in [2.24, 2.45) is 0 Å². The summed E-state index contributed by atoms with van der Waals surface area (Å²) in [7, 11) is 0. The Morgan fingerprint density at radius 1 is 1.17 bits per heavy atom. The Bertz CT molecular complexity index is 1080. The lowest BCUT2D eigenvalue weighted by Gasteiger charge is -2.14. The van der Waals surface area contributed by atoms with E-state index < -0.39 is 6.36 Å². The van der Waals surface area contributed by atoms with Crippen molar-refractivity contribution in [3.8, 4) is 5.75 Å². The fourth-order valence-electron chi connectivity index (χ4n) is 2.84. The number of oxazole rings is 1. The number of nitrogens with one attached hydrogen (secondary N) is 1. The quantitative estimate of drug-likeness (QED) is 0.519. The van der Waals surface area contributed by atoms with E-state index >= 15 is 0 Å². The maximum atomic E-state index is 12.3. The summed E-state index contributed by atoms with van der Waals surface area (Å²) in [6, 6.07) is 13.2. The van der Waals surface area contributed by atoms with Crippen molar-refractivity contribution >= 4 is 27.4 Å². The summed E-state index contributed by atoms with van der Waals surface area (Å²) in [5, 5.41) is 1.49. The molecule has 0 radical (unpaired) electrons. The second-order valence-electron chi connectivity index (χ2n) is 6.43. The van der Waals surface area contributed by atoms with Gasteiger partial charge >= 0.3 is 6.36 Å². The van der Waals surface area contributed by atoms with Crippen LogP contribution in [0, 0.1) is 6.92 Å². The summed E-state index contributed by atoms with van der Waals surface area (Å²) in [5.74, 6) is 0.997. The number of nitrogens with zero attached hydrogens (tertiary/aromatic N) is 2. The molecule has 3 aromatic rings. The van der Waals surface area contributed by atoms with Crippen LogP contribution in [-0.2, 0) is 11.3 Å². The molecular weight excluding hydrogens is 467 g/mol. The van der Waals surface area contributed by atoms with Crippen LogP contribution in [0.15, 0.2) is 63.6 Å². The molecule has 10 heteroatoms. The monoisotopic (exact) mass is 481 g/mol. The van der Waals surface area contributed by atoms with Crippen LogP contribution < -0.4 is 15.3 Å². The van der Waals surface area contributed by atoms with Crippen molar-refractivity contribution in [2.45, 2.75) is 19.7 Å². The molecule has 0 bridgehead atoms. The van der Waals surface area contributed by atoms with Crippen LogP contribution in [0.1, 0.15) is 22.9 Å². The van der Waals surface area contributed by atoms with E-state index in [4.69, 9.17) is 9.25 Å². The van der Waals surface area contributed by atoms with E-state index in [1.807, 2.05) is 31.2 Å². The molecule has 6 nitrogen and oxygen atoms in total. The molecule has 0 saturated carbocycles. The molecule has 0 aliphatic carbocycles. The van der Waals surface area contributed by atoms with Crippen molar-refractivity contribution in [3.63, 3.8) is 0 Å². The van der Waals surface area contributed by atoms with Gasteiger partial charge in [-0.05, 0) is 48.9 Å². The molecule has 2 heterocycles. The van der Waals surface area contributed by atoms with Gasteiger partial charge < -0.3 is 14.0 Å². The van der Waals surface area contributed by atoms with Crippen LogP contribution >= 0.6 is 15.9 Å². The molecule has 0 amide bonds. The highest BCUT2D eigenvalue weighted by Gasteiger charge is 2.31. The SMILES string of the molecule is Cc1oc(C2=CN(c3ccc(OC(F)(F)F)cc3)NO2)nc1Cc1cccc(Br)c1. The van der Waals surface area contributed by atoms with Crippen LogP contribution in [0.25, 0.3) is 5.76 Å². The number of hydrazine groups is 1. The number of ether oxygens (including phenoxy) is 1. The van der Waals surface area contributed by atoms with Crippen molar-refractivity contribution < 1.29 is 27.2 Å². The van der Waals surface area contributed by atoms with Gasteiger partial charge in [-0.15, -0.1) is 13.2 Å². The summed E-state index contributed by atoms with van der Waals surface area (Å²) in [6.07, 6.45) is -2.55. The summed E-state index contributed by atoms with van der Waals surface area (Å²) in [5.41, 5.74) is 5.04. The van der Waals surface area contributed by atoms with Gasteiger partial charge in [-0.3, -0.25) is 0 Å². The molecule has 1 aliphatic rings. The summed E-state index contributed by atoms with van der Waals surface area (Å²) in [6.45, 7) is 1.82. The van der Waals surface area contributed by atoms with Crippen LogP contribution in [-0.4, -0.2) is 11.3 Å². The van der Waals surface area contributed by atoms with Gasteiger partial charge in [0.2, 0.25) is 5.76 Å². The van der Waals surface area contributed by atoms with E-state index in [1.165, 1.54) is 29.3 Å². The van der Waals surface area contributed by atoms with Gasteiger partial charge in [0.05, 0.1) is 17.6 Å². The van der Waals surface area contributed by atoms with Crippen molar-refractivity contribution in [1.82, 2.24) is 10.6 Å². The van der Waals surface area contributed by atoms with Crippen LogP contribution in [0.4, 0.5) is 18.9 Å². The van der Waals surface area contributed by atoms with Gasteiger partial charge in [-0.25, -0.2) is 9.99 Å². The fraction of sp³-hybridized carbons (Fsp3) is 0.150. The molecule has 1 aliphatic heterocycles. The first-order valence-electron chi connectivity index (χ1n) is 8.77. The molecule has 0 unspecified atom stereocenters. The lowest BCUT2D eigenvalue weighted by molar-refractivity contribution is -0.274. The van der Waals surface area contributed by atoms with Gasteiger partial charge in [0.25, 0.3) is 5.89 Å². The molecule has 156 valence electrons. The van der Waals surface area contributed by atoms with E-state index in [1.54, 1.807) is 6.20 Å². The maximum absolute atomic E-state index is 12.3. The number of aryl methyl sites for hydroxylation is 1. The third-order valence-electron chi connectivity index (χ3n) is 4.21. The first-order valence-corrected chi connectivity index (χ1v) is 9.56. The van der Waals surface area contributed by atoms with E-state index in [0.29, 0.717) is 29.5 Å². The van der Waals surface area contributed by atoms with Gasteiger partial charge in [0.1, 0.15) is 11.5 Å². The maximum Gasteiger partial charge on any atom is 0.573 e. The zero-order chi connectivity index (χ0) is 21.3. The molecule has 0 fully saturated rings. The first kappa shape index (κ1) is 20.3. The zero-order valence-corrected chi connectivity index (χ0v) is 17.1. The Labute approximate surface area is 178 Å². The smallest absolute Gasteiger partial charge is 0.439 e. The molecule has 0 saturated heterocycles. The third-order valence-corrected chi connectivity index (χ3v) is 4.71. The predicted octanol–water partition coefficient (Wildman–Crippen LogP) is 5.49. The lowest BCUT2D eigenvalue weighted by atomic mass is 10.1. The Morgan fingerprint density at radius 2 is 1.93 bits per heavy atom. The summed E-state index contributed by atoms with van der Waals surface area (Å²) >= 11 is 3.45. The Balaban J connectivity index is 1.48. The molecule has 0 atom stereocenters. The van der Waals surface area contributed by atoms with E-state index in [9.17, 15) is 13.2 Å². The average molecular weight is 482 g/mol. The minimum atomic E-state index is -4.74. The average Bonchev–Trinajstić information content (AvgIpc) is 3.29. The van der Waals surface area contributed by atoms with Crippen LogP contribution in [0.3, 0.4) is 0 Å². The predicted molar refractivity (Wildman–Crippen MR) is 106 cm³/mol. The van der Waals surface area contributed by atoms with E-state index in [2.05, 4.69) is 31.2 Å². The van der Waals surface area contributed by atoms with E-state index in [-0.39, 0.29) is 5.75 Å². The highest BCUT2D eigenvalue weighted by Crippen LogP contribution is 2.29. The van der Waals surface area contributed by atoms with Crippen molar-refractivity contribution in [1.29, 1.82) is 0 Å². The zero-order valence-electron chi connectivity index (χ0n) is 15.5. The number of benzene rings is 2. The Hall–Kier alpha value is -2.98. The van der Waals surface area contributed by atoms with Gasteiger partial charge in [0, 0.05) is 10.9 Å². The summed E-state index contributed by atoms with van der Waals surface area (Å²) < 4.78 is 47.4. The molecule has 4 rings (SSSR count). The van der Waals surface area contributed by atoms with Crippen LogP contribution in [0.5, 0.6) is 5.75 Å². The number of anilines is 1. The number of rotatable bonds is 5. The standard InChI is InChI=1S/C20H15BrF3N3O3/c1-12-17(10-13-3-2-4-14(21)9-13)25-19(28-12)18-11-27(26-30-18)15-5-7-16(8-6-15)29-20(22,23)24/h2-9,11,26H,10H2,1H3. The van der Waals surface area contributed by atoms with E-state index in [0.717, 1.165) is 15.7 Å². The largest absolute Gasteiger partial charge is 0.573 e. The van der Waals surface area contributed by atoms with Gasteiger partial charge in [-0.2, -0.15) is 0 Å². The fourth-order valence-corrected chi connectivity index (χ4v) is 3.29. The van der Waals surface area contributed by atoms with Crippen LogP contribution in [0.2, 0.25) is 0 Å². The highest BCUT2D eigenvalue weighted by atomic mass is 79.9. The number of hydrogen-bond donors (Lipinski definition) is 1. The lowest BCUT2D eigenvalue weighted by Crippen LogP contribution is -2.26. The highest BCUT2D eigenvalue weighted by molar-refractivity contribution is 9.10. The van der Waals surface area contributed by atoms with Crippen molar-refractivity contribution in [3.05, 3.63) is 82.1 Å². The Morgan fingerprint density at radius 3 is 2.63 bits per heavy atom. The Kier molecular flexibility index (Phi) is 5.44. The second-order valence-corrected chi connectivity index (χ2v) is 7.34. The molecule has 30 heavy (non-hydrogen) atoms. The molecular formula is C20H15BrF3N3O3. The second kappa shape index (κ2) is 8.04. The molecule has 2 aromatic carbocycles. The van der Waals surface area contributed by atoms with Gasteiger partial charge in [-0.1, -0.05) is 33.7 Å². The number of halogens is 4. The van der Waals surface area contributed by atoms with Gasteiger partial charge in [0.15, 0.2) is 0 Å². The first-order chi connectivity index (χ1) is 14.3. The summed E-state index contributed by atoms with van der Waals surface area (Å²) in [4.78, 5) is 9.93.